The van der Waals surface area contributed by atoms with Crippen LogP contribution in [-0.4, -0.2) is 60.2 Å². The van der Waals surface area contributed by atoms with E-state index in [0.717, 1.165) is 18.9 Å². The fraction of sp³-hybridized carbons (Fsp3) is 0.450. The van der Waals surface area contributed by atoms with Crippen LogP contribution in [0.1, 0.15) is 28.8 Å². The van der Waals surface area contributed by atoms with Crippen LogP contribution in [0.25, 0.3) is 0 Å². The molecule has 2 bridgehead atoms. The summed E-state index contributed by atoms with van der Waals surface area (Å²) in [6.45, 7) is 0.784. The first-order chi connectivity index (χ1) is 15.2. The molecule has 2 fully saturated rings. The maximum absolute atomic E-state index is 14.9. The summed E-state index contributed by atoms with van der Waals surface area (Å²) in [4.78, 5) is 21.9. The van der Waals surface area contributed by atoms with Gasteiger partial charge in [-0.15, -0.1) is 0 Å². The van der Waals surface area contributed by atoms with E-state index in [1.165, 1.54) is 20.2 Å². The number of nitrogens with one attached hydrogen (secondary N) is 2. The molecule has 0 spiro atoms. The number of aromatic nitrogens is 2. The Morgan fingerprint density at radius 1 is 1.25 bits per heavy atom. The van der Waals surface area contributed by atoms with Crippen LogP contribution in [0.5, 0.6) is 5.75 Å². The number of anilines is 3. The number of hydrogen-bond acceptors (Lipinski definition) is 7. The van der Waals surface area contributed by atoms with E-state index in [-0.39, 0.29) is 35.2 Å². The Bertz CT molecular complexity index is 1020. The topological polar surface area (TPSA) is 88.6 Å². The van der Waals surface area contributed by atoms with E-state index in [4.69, 9.17) is 9.47 Å². The quantitative estimate of drug-likeness (QED) is 0.668. The molecule has 2 aromatic rings. The molecule has 0 radical (unpaired) electrons. The average Bonchev–Trinajstić information content (AvgIpc) is 3.10. The molecule has 172 valence electrons. The first-order valence-corrected chi connectivity index (χ1v) is 9.91. The van der Waals surface area contributed by atoms with E-state index < -0.39 is 29.3 Å². The summed E-state index contributed by atoms with van der Waals surface area (Å²) in [6.07, 6.45) is -2.37. The fourth-order valence-electron chi connectivity index (χ4n) is 3.90. The number of methoxy groups -OCH3 is 1. The van der Waals surface area contributed by atoms with Gasteiger partial charge in [0, 0.05) is 32.4 Å². The summed E-state index contributed by atoms with van der Waals surface area (Å²) in [6, 6.07) is 2.28. The Morgan fingerprint density at radius 2 is 1.94 bits per heavy atom. The normalized spacial score (nSPS) is 20.2. The maximum Gasteiger partial charge on any atom is 0.421 e. The lowest BCUT2D eigenvalue weighted by atomic mass is 10.1. The Hall–Kier alpha value is -3.15. The molecule has 12 heteroatoms. The van der Waals surface area contributed by atoms with Gasteiger partial charge >= 0.3 is 6.18 Å². The summed E-state index contributed by atoms with van der Waals surface area (Å²) in [5.41, 5.74) is -1.15. The fourth-order valence-corrected chi connectivity index (χ4v) is 3.90. The van der Waals surface area contributed by atoms with Gasteiger partial charge in [-0.25, -0.2) is 9.37 Å². The van der Waals surface area contributed by atoms with E-state index in [0.29, 0.717) is 19.3 Å². The second-order valence-corrected chi connectivity index (χ2v) is 7.53. The van der Waals surface area contributed by atoms with Crippen LogP contribution in [0.2, 0.25) is 0 Å². The molecule has 2 N–H and O–H groups in total. The SMILES string of the molecule is CNc1nc(Nc2cc(F)c(C(=O)N3CC4CC[C@H](C3)O4)cc2OC)ncc1C(F)(F)F. The molecule has 2 aliphatic rings. The Labute approximate surface area is 180 Å². The molecule has 1 unspecified atom stereocenters. The molecule has 8 nitrogen and oxygen atoms in total. The Kier molecular flexibility index (Phi) is 5.80. The van der Waals surface area contributed by atoms with Gasteiger partial charge in [0.05, 0.1) is 30.6 Å². The minimum absolute atomic E-state index is 0.0400. The molecule has 3 heterocycles. The summed E-state index contributed by atoms with van der Waals surface area (Å²) in [5, 5.41) is 5.01. The number of carbonyl (C=O) groups excluding carboxylic acids is 1. The van der Waals surface area contributed by atoms with Crippen LogP contribution in [0.3, 0.4) is 0 Å². The van der Waals surface area contributed by atoms with Crippen molar-refractivity contribution in [3.8, 4) is 5.75 Å². The highest BCUT2D eigenvalue weighted by Crippen LogP contribution is 2.35. The number of alkyl halides is 3. The van der Waals surface area contributed by atoms with Crippen molar-refractivity contribution in [2.24, 2.45) is 0 Å². The third-order valence-electron chi connectivity index (χ3n) is 5.43. The number of morpholine rings is 1. The third kappa shape index (κ3) is 4.27. The second-order valence-electron chi connectivity index (χ2n) is 7.53. The van der Waals surface area contributed by atoms with Gasteiger partial charge in [0.1, 0.15) is 22.9 Å². The number of likely N-dealkylation sites (tertiary alicyclic amines) is 1. The maximum atomic E-state index is 14.9. The van der Waals surface area contributed by atoms with Gasteiger partial charge in [0.2, 0.25) is 5.95 Å². The highest BCUT2D eigenvalue weighted by molar-refractivity contribution is 5.96. The zero-order valence-corrected chi connectivity index (χ0v) is 17.3. The molecular formula is C20H21F4N5O3. The lowest BCUT2D eigenvalue weighted by Crippen LogP contribution is -2.46. The van der Waals surface area contributed by atoms with Crippen molar-refractivity contribution in [3.63, 3.8) is 0 Å². The smallest absolute Gasteiger partial charge is 0.421 e. The van der Waals surface area contributed by atoms with Crippen molar-refractivity contribution in [2.75, 3.05) is 37.9 Å². The van der Waals surface area contributed by atoms with Crippen LogP contribution in [0, 0.1) is 5.82 Å². The Morgan fingerprint density at radius 3 is 2.53 bits per heavy atom. The summed E-state index contributed by atoms with van der Waals surface area (Å²) in [5.74, 6) is -1.82. The monoisotopic (exact) mass is 455 g/mol. The minimum atomic E-state index is -4.64. The van der Waals surface area contributed by atoms with Crippen LogP contribution < -0.4 is 15.4 Å². The van der Waals surface area contributed by atoms with Crippen molar-refractivity contribution in [1.82, 2.24) is 14.9 Å². The van der Waals surface area contributed by atoms with Gasteiger partial charge in [-0.2, -0.15) is 18.2 Å². The van der Waals surface area contributed by atoms with Crippen LogP contribution in [0.15, 0.2) is 18.3 Å². The van der Waals surface area contributed by atoms with Crippen LogP contribution in [-0.2, 0) is 10.9 Å². The largest absolute Gasteiger partial charge is 0.495 e. The number of hydrogen-bond donors (Lipinski definition) is 2. The number of benzene rings is 1. The first-order valence-electron chi connectivity index (χ1n) is 9.91. The lowest BCUT2D eigenvalue weighted by Gasteiger charge is -2.32. The molecule has 2 aliphatic heterocycles. The highest BCUT2D eigenvalue weighted by Gasteiger charge is 2.37. The van der Waals surface area contributed by atoms with Crippen LogP contribution >= 0.6 is 0 Å². The van der Waals surface area contributed by atoms with Crippen molar-refractivity contribution < 1.29 is 31.8 Å². The standard InChI is InChI=1S/C20H21F4N5O3/c1-25-17-13(20(22,23)24)7-26-19(28-17)27-15-6-14(21)12(5-16(15)31-2)18(30)29-8-10-3-4-11(9-29)32-10/h5-7,10-11H,3-4,8-9H2,1-2H3,(H2,25,26,27,28)/t10-,11?/m1/s1. The number of fused-ring (bicyclic) bond motifs is 2. The van der Waals surface area contributed by atoms with Gasteiger partial charge in [0.15, 0.2) is 0 Å². The number of halogens is 4. The highest BCUT2D eigenvalue weighted by atomic mass is 19.4. The van der Waals surface area contributed by atoms with E-state index >= 15 is 0 Å². The third-order valence-corrected chi connectivity index (χ3v) is 5.43. The van der Waals surface area contributed by atoms with Gasteiger partial charge in [-0.1, -0.05) is 0 Å². The van der Waals surface area contributed by atoms with E-state index in [2.05, 4.69) is 20.6 Å². The first kappa shape index (κ1) is 22.1. The number of nitrogens with zero attached hydrogens (tertiary/aromatic N) is 3. The molecular weight excluding hydrogens is 434 g/mol. The van der Waals surface area contributed by atoms with Crippen molar-refractivity contribution in [3.05, 3.63) is 35.3 Å². The molecule has 2 atom stereocenters. The molecule has 0 saturated carbocycles. The number of carbonyl (C=O) groups is 1. The number of amides is 1. The molecule has 1 aromatic carbocycles. The molecule has 2 saturated heterocycles. The average molecular weight is 455 g/mol. The van der Waals surface area contributed by atoms with Crippen molar-refractivity contribution in [1.29, 1.82) is 0 Å². The van der Waals surface area contributed by atoms with Gasteiger partial charge in [-0.3, -0.25) is 4.79 Å². The summed E-state index contributed by atoms with van der Waals surface area (Å²) in [7, 11) is 2.62. The van der Waals surface area contributed by atoms with E-state index in [1.54, 1.807) is 4.90 Å². The molecule has 32 heavy (non-hydrogen) atoms. The van der Waals surface area contributed by atoms with Crippen molar-refractivity contribution >= 4 is 23.4 Å². The zero-order valence-electron chi connectivity index (χ0n) is 17.3. The van der Waals surface area contributed by atoms with Gasteiger partial charge < -0.3 is 25.0 Å². The zero-order chi connectivity index (χ0) is 23.0. The molecule has 4 rings (SSSR count). The summed E-state index contributed by atoms with van der Waals surface area (Å²) < 4.78 is 65.0. The molecule has 1 amide bonds. The lowest BCUT2D eigenvalue weighted by molar-refractivity contribution is -0.137. The predicted octanol–water partition coefficient (Wildman–Crippen LogP) is 3.43. The number of ether oxygens (including phenoxy) is 2. The Balaban J connectivity index is 1.59. The van der Waals surface area contributed by atoms with Gasteiger partial charge in [-0.05, 0) is 18.9 Å². The molecule has 1 aromatic heterocycles. The minimum Gasteiger partial charge on any atom is -0.495 e. The van der Waals surface area contributed by atoms with E-state index in [1.807, 2.05) is 0 Å². The summed E-state index contributed by atoms with van der Waals surface area (Å²) >= 11 is 0. The van der Waals surface area contributed by atoms with Crippen LogP contribution in [0.4, 0.5) is 35.0 Å². The van der Waals surface area contributed by atoms with Gasteiger partial charge in [0.25, 0.3) is 5.91 Å². The number of rotatable bonds is 5. The predicted molar refractivity (Wildman–Crippen MR) is 107 cm³/mol. The van der Waals surface area contributed by atoms with Crippen molar-refractivity contribution in [2.45, 2.75) is 31.2 Å². The molecule has 0 aliphatic carbocycles. The van der Waals surface area contributed by atoms with E-state index in [9.17, 15) is 22.4 Å². The second kappa shape index (κ2) is 8.41.